The Morgan fingerprint density at radius 3 is 2.69 bits per heavy atom. The van der Waals surface area contributed by atoms with E-state index in [0.29, 0.717) is 6.54 Å². The molecule has 0 fully saturated rings. The van der Waals surface area contributed by atoms with E-state index in [1.807, 2.05) is 24.9 Å². The summed E-state index contributed by atoms with van der Waals surface area (Å²) in [6.45, 7) is 4.56. The molecule has 0 bridgehead atoms. The normalized spacial score (nSPS) is 13.4. The third-order valence-corrected chi connectivity index (χ3v) is 2.61. The van der Waals surface area contributed by atoms with E-state index < -0.39 is 0 Å². The first-order valence-corrected chi connectivity index (χ1v) is 5.63. The van der Waals surface area contributed by atoms with Crippen LogP contribution in [0.1, 0.15) is 17.3 Å². The van der Waals surface area contributed by atoms with E-state index >= 15 is 0 Å². The standard InChI is InChI=1S/C11H23N5/c1-9-10(8-16(4)14-9)11(7-12)13-5-6-15(2)3/h8,11,13H,5-7,12H2,1-4H3. The van der Waals surface area contributed by atoms with Gasteiger partial charge in [-0.15, -0.1) is 0 Å². The number of nitrogens with zero attached hydrogens (tertiary/aromatic N) is 3. The maximum absolute atomic E-state index is 5.79. The van der Waals surface area contributed by atoms with Crippen LogP contribution in [0.5, 0.6) is 0 Å². The molecule has 0 aliphatic rings. The van der Waals surface area contributed by atoms with Crippen molar-refractivity contribution in [1.82, 2.24) is 20.0 Å². The SMILES string of the molecule is Cc1nn(C)cc1C(CN)NCCN(C)C. The number of rotatable bonds is 6. The molecular weight excluding hydrogens is 202 g/mol. The minimum atomic E-state index is 0.202. The monoisotopic (exact) mass is 225 g/mol. The Morgan fingerprint density at radius 2 is 2.25 bits per heavy atom. The molecule has 0 saturated heterocycles. The van der Waals surface area contributed by atoms with Gasteiger partial charge in [0, 0.05) is 44.5 Å². The van der Waals surface area contributed by atoms with Gasteiger partial charge in [-0.2, -0.15) is 5.10 Å². The van der Waals surface area contributed by atoms with Crippen molar-refractivity contribution in [3.05, 3.63) is 17.5 Å². The van der Waals surface area contributed by atoms with Crippen LogP contribution < -0.4 is 11.1 Å². The molecule has 1 atom stereocenters. The third kappa shape index (κ3) is 3.59. The Morgan fingerprint density at radius 1 is 1.56 bits per heavy atom. The zero-order valence-electron chi connectivity index (χ0n) is 10.7. The van der Waals surface area contributed by atoms with Crippen molar-refractivity contribution in [3.63, 3.8) is 0 Å². The van der Waals surface area contributed by atoms with Crippen LogP contribution in [0, 0.1) is 6.92 Å². The lowest BCUT2D eigenvalue weighted by molar-refractivity contribution is 0.385. The zero-order valence-corrected chi connectivity index (χ0v) is 10.7. The molecule has 0 aliphatic carbocycles. The summed E-state index contributed by atoms with van der Waals surface area (Å²) < 4.78 is 1.83. The molecule has 0 aromatic carbocycles. The Labute approximate surface area is 97.6 Å². The molecule has 1 aromatic rings. The molecule has 3 N–H and O–H groups in total. The van der Waals surface area contributed by atoms with E-state index in [1.165, 1.54) is 5.56 Å². The highest BCUT2D eigenvalue weighted by molar-refractivity contribution is 5.20. The van der Waals surface area contributed by atoms with Gasteiger partial charge >= 0.3 is 0 Å². The van der Waals surface area contributed by atoms with Crippen molar-refractivity contribution in [2.24, 2.45) is 12.8 Å². The number of nitrogens with two attached hydrogens (primary N) is 1. The quantitative estimate of drug-likeness (QED) is 0.708. The summed E-state index contributed by atoms with van der Waals surface area (Å²) in [4.78, 5) is 2.15. The Balaban J connectivity index is 2.57. The highest BCUT2D eigenvalue weighted by atomic mass is 15.3. The van der Waals surface area contributed by atoms with Crippen molar-refractivity contribution in [3.8, 4) is 0 Å². The van der Waals surface area contributed by atoms with Gasteiger partial charge in [0.05, 0.1) is 5.69 Å². The number of nitrogens with one attached hydrogen (secondary N) is 1. The minimum Gasteiger partial charge on any atom is -0.329 e. The van der Waals surface area contributed by atoms with Crippen LogP contribution >= 0.6 is 0 Å². The molecule has 92 valence electrons. The lowest BCUT2D eigenvalue weighted by Gasteiger charge is -2.18. The highest BCUT2D eigenvalue weighted by Crippen LogP contribution is 2.14. The van der Waals surface area contributed by atoms with E-state index in [1.54, 1.807) is 0 Å². The lowest BCUT2D eigenvalue weighted by atomic mass is 10.1. The number of likely N-dealkylation sites (N-methyl/N-ethyl adjacent to an activating group) is 1. The molecule has 1 heterocycles. The van der Waals surface area contributed by atoms with Gasteiger partial charge in [0.15, 0.2) is 0 Å². The molecular formula is C11H23N5. The molecule has 0 aliphatic heterocycles. The van der Waals surface area contributed by atoms with Gasteiger partial charge < -0.3 is 16.0 Å². The van der Waals surface area contributed by atoms with E-state index in [9.17, 15) is 0 Å². The number of aryl methyl sites for hydroxylation is 2. The molecule has 5 heteroatoms. The molecule has 5 nitrogen and oxygen atoms in total. The van der Waals surface area contributed by atoms with Crippen molar-refractivity contribution in [2.45, 2.75) is 13.0 Å². The maximum atomic E-state index is 5.79. The highest BCUT2D eigenvalue weighted by Gasteiger charge is 2.14. The first kappa shape index (κ1) is 13.2. The zero-order chi connectivity index (χ0) is 12.1. The fourth-order valence-corrected chi connectivity index (χ4v) is 1.74. The summed E-state index contributed by atoms with van der Waals surface area (Å²) in [6, 6.07) is 0.202. The minimum absolute atomic E-state index is 0.202. The Hall–Kier alpha value is -0.910. The van der Waals surface area contributed by atoms with Crippen molar-refractivity contribution < 1.29 is 0 Å². The van der Waals surface area contributed by atoms with Crippen LogP contribution in [0.15, 0.2) is 6.20 Å². The number of hydrogen-bond acceptors (Lipinski definition) is 4. The van der Waals surface area contributed by atoms with Gasteiger partial charge in [-0.1, -0.05) is 0 Å². The predicted molar refractivity (Wildman–Crippen MR) is 66.3 cm³/mol. The van der Waals surface area contributed by atoms with Crippen LogP contribution in [0.2, 0.25) is 0 Å². The fourth-order valence-electron chi connectivity index (χ4n) is 1.74. The van der Waals surface area contributed by atoms with Gasteiger partial charge in [-0.05, 0) is 21.0 Å². The first-order valence-electron chi connectivity index (χ1n) is 5.63. The second-order valence-corrected chi connectivity index (χ2v) is 4.39. The van der Waals surface area contributed by atoms with Crippen LogP contribution in [-0.4, -0.2) is 48.4 Å². The fraction of sp³-hybridized carbons (Fsp3) is 0.727. The molecule has 1 aromatic heterocycles. The topological polar surface area (TPSA) is 59.1 Å². The summed E-state index contributed by atoms with van der Waals surface area (Å²) >= 11 is 0. The summed E-state index contributed by atoms with van der Waals surface area (Å²) in [5.74, 6) is 0. The third-order valence-electron chi connectivity index (χ3n) is 2.61. The number of hydrogen-bond donors (Lipinski definition) is 2. The Bertz CT molecular complexity index is 318. The average molecular weight is 225 g/mol. The first-order chi connectivity index (χ1) is 7.54. The smallest absolute Gasteiger partial charge is 0.0641 e. The van der Waals surface area contributed by atoms with E-state index in [-0.39, 0.29) is 6.04 Å². The maximum Gasteiger partial charge on any atom is 0.0641 e. The molecule has 1 unspecified atom stereocenters. The Kier molecular flexibility index (Phi) is 4.92. The number of aromatic nitrogens is 2. The van der Waals surface area contributed by atoms with E-state index in [4.69, 9.17) is 5.73 Å². The van der Waals surface area contributed by atoms with Gasteiger partial charge in [0.25, 0.3) is 0 Å². The molecule has 0 amide bonds. The average Bonchev–Trinajstić information content (AvgIpc) is 2.52. The van der Waals surface area contributed by atoms with Gasteiger partial charge in [-0.3, -0.25) is 4.68 Å². The predicted octanol–water partition coefficient (Wildman–Crippen LogP) is -0.120. The molecule has 0 saturated carbocycles. The molecule has 0 spiro atoms. The van der Waals surface area contributed by atoms with Crippen molar-refractivity contribution in [2.75, 3.05) is 33.7 Å². The molecule has 16 heavy (non-hydrogen) atoms. The van der Waals surface area contributed by atoms with Crippen LogP contribution in [0.3, 0.4) is 0 Å². The van der Waals surface area contributed by atoms with Gasteiger partial charge in [-0.25, -0.2) is 0 Å². The van der Waals surface area contributed by atoms with Crippen molar-refractivity contribution >= 4 is 0 Å². The van der Waals surface area contributed by atoms with E-state index in [2.05, 4.69) is 29.4 Å². The van der Waals surface area contributed by atoms with E-state index in [0.717, 1.165) is 18.8 Å². The summed E-state index contributed by atoms with van der Waals surface area (Å²) in [7, 11) is 6.06. The molecule has 1 rings (SSSR count). The summed E-state index contributed by atoms with van der Waals surface area (Å²) in [5.41, 5.74) is 8.04. The lowest BCUT2D eigenvalue weighted by Crippen LogP contribution is -2.33. The largest absolute Gasteiger partial charge is 0.329 e. The van der Waals surface area contributed by atoms with Crippen molar-refractivity contribution in [1.29, 1.82) is 0 Å². The van der Waals surface area contributed by atoms with Gasteiger partial charge in [0.1, 0.15) is 0 Å². The summed E-state index contributed by atoms with van der Waals surface area (Å²) in [6.07, 6.45) is 2.04. The second-order valence-electron chi connectivity index (χ2n) is 4.39. The van der Waals surface area contributed by atoms with Crippen LogP contribution in [0.25, 0.3) is 0 Å². The second kappa shape index (κ2) is 5.98. The van der Waals surface area contributed by atoms with Gasteiger partial charge in [0.2, 0.25) is 0 Å². The molecule has 0 radical (unpaired) electrons. The van der Waals surface area contributed by atoms with Crippen LogP contribution in [0.4, 0.5) is 0 Å². The van der Waals surface area contributed by atoms with Crippen LogP contribution in [-0.2, 0) is 7.05 Å². The summed E-state index contributed by atoms with van der Waals surface area (Å²) in [5, 5.41) is 7.79.